The van der Waals surface area contributed by atoms with Crippen LogP contribution in [0, 0.1) is 13.8 Å². The predicted octanol–water partition coefficient (Wildman–Crippen LogP) is 3.31. The molecule has 24 heavy (non-hydrogen) atoms. The summed E-state index contributed by atoms with van der Waals surface area (Å²) in [5, 5.41) is 6.24. The molecule has 2 rings (SSSR count). The monoisotopic (exact) mass is 326 g/mol. The fraction of sp³-hybridized carbons (Fsp3) is 0.368. The summed E-state index contributed by atoms with van der Waals surface area (Å²) in [7, 11) is 4.11. The number of hydrogen-bond donors (Lipinski definition) is 2. The van der Waals surface area contributed by atoms with E-state index in [1.165, 1.54) is 0 Å². The number of carbonyl (C=O) groups is 1. The normalized spacial score (nSPS) is 10.7. The first-order valence-corrected chi connectivity index (χ1v) is 8.18. The molecule has 2 N–H and O–H groups in total. The molecule has 0 bridgehead atoms. The van der Waals surface area contributed by atoms with Gasteiger partial charge in [0.05, 0.1) is 0 Å². The smallest absolute Gasteiger partial charge is 0.274 e. The van der Waals surface area contributed by atoms with E-state index in [1.54, 1.807) is 12.3 Å². The fourth-order valence-electron chi connectivity index (χ4n) is 2.53. The van der Waals surface area contributed by atoms with Crippen molar-refractivity contribution in [1.29, 1.82) is 0 Å². The third-order valence-corrected chi connectivity index (χ3v) is 3.58. The molecule has 0 saturated heterocycles. The van der Waals surface area contributed by atoms with Crippen molar-refractivity contribution in [2.45, 2.75) is 20.3 Å². The van der Waals surface area contributed by atoms with Crippen LogP contribution in [0.5, 0.6) is 0 Å². The summed E-state index contributed by atoms with van der Waals surface area (Å²) in [6.45, 7) is 5.91. The molecular formula is C19H26N4O. The second-order valence-electron chi connectivity index (χ2n) is 6.34. The molecule has 1 amide bonds. The van der Waals surface area contributed by atoms with Crippen molar-refractivity contribution >= 4 is 17.3 Å². The maximum Gasteiger partial charge on any atom is 0.274 e. The zero-order chi connectivity index (χ0) is 17.5. The van der Waals surface area contributed by atoms with Crippen LogP contribution in [-0.4, -0.2) is 43.0 Å². The summed E-state index contributed by atoms with van der Waals surface area (Å²) in [4.78, 5) is 18.7. The number of nitrogens with zero attached hydrogens (tertiary/aromatic N) is 2. The number of nitrogens with one attached hydrogen (secondary N) is 2. The molecule has 0 atom stereocenters. The Morgan fingerprint density at radius 2 is 1.79 bits per heavy atom. The van der Waals surface area contributed by atoms with Gasteiger partial charge in [-0.2, -0.15) is 0 Å². The number of carbonyl (C=O) groups excluding carboxylic acids is 1. The number of hydrogen-bond acceptors (Lipinski definition) is 4. The Hall–Kier alpha value is -2.40. The van der Waals surface area contributed by atoms with Crippen molar-refractivity contribution < 1.29 is 4.79 Å². The van der Waals surface area contributed by atoms with Gasteiger partial charge < -0.3 is 15.5 Å². The van der Waals surface area contributed by atoms with Gasteiger partial charge in [-0.1, -0.05) is 6.07 Å². The molecule has 0 saturated carbocycles. The molecule has 0 spiro atoms. The number of aromatic nitrogens is 1. The molecule has 1 heterocycles. The van der Waals surface area contributed by atoms with E-state index < -0.39 is 0 Å². The Morgan fingerprint density at radius 3 is 2.46 bits per heavy atom. The van der Waals surface area contributed by atoms with Crippen molar-refractivity contribution in [2.75, 3.05) is 37.8 Å². The average Bonchev–Trinajstić information content (AvgIpc) is 2.50. The summed E-state index contributed by atoms with van der Waals surface area (Å²) in [5.74, 6) is -0.197. The summed E-state index contributed by atoms with van der Waals surface area (Å²) < 4.78 is 0. The highest BCUT2D eigenvalue weighted by molar-refractivity contribution is 6.03. The fourth-order valence-corrected chi connectivity index (χ4v) is 2.53. The summed E-state index contributed by atoms with van der Waals surface area (Å²) in [6, 6.07) is 9.64. The van der Waals surface area contributed by atoms with Crippen LogP contribution in [0.1, 0.15) is 28.0 Å². The average molecular weight is 326 g/mol. The Bertz CT molecular complexity index is 677. The van der Waals surface area contributed by atoms with Gasteiger partial charge >= 0.3 is 0 Å². The third kappa shape index (κ3) is 5.66. The summed E-state index contributed by atoms with van der Waals surface area (Å²) in [5.41, 5.74) is 4.36. The van der Waals surface area contributed by atoms with Crippen molar-refractivity contribution in [3.63, 3.8) is 0 Å². The molecular weight excluding hydrogens is 300 g/mol. The van der Waals surface area contributed by atoms with Crippen LogP contribution < -0.4 is 10.6 Å². The van der Waals surface area contributed by atoms with E-state index in [9.17, 15) is 4.79 Å². The maximum absolute atomic E-state index is 12.4. The second kappa shape index (κ2) is 8.45. The molecule has 1 aromatic carbocycles. The van der Waals surface area contributed by atoms with Crippen LogP contribution >= 0.6 is 0 Å². The lowest BCUT2D eigenvalue weighted by atomic mass is 10.1. The summed E-state index contributed by atoms with van der Waals surface area (Å²) in [6.07, 6.45) is 2.70. The van der Waals surface area contributed by atoms with Gasteiger partial charge in [-0.25, -0.2) is 0 Å². The van der Waals surface area contributed by atoms with Crippen molar-refractivity contribution in [1.82, 2.24) is 9.88 Å². The lowest BCUT2D eigenvalue weighted by molar-refractivity contribution is 0.102. The Kier molecular flexibility index (Phi) is 6.32. The van der Waals surface area contributed by atoms with Crippen LogP contribution in [-0.2, 0) is 0 Å². The van der Waals surface area contributed by atoms with Gasteiger partial charge in [0, 0.05) is 24.1 Å². The first kappa shape index (κ1) is 17.9. The minimum atomic E-state index is -0.197. The number of anilines is 2. The highest BCUT2D eigenvalue weighted by atomic mass is 16.1. The number of pyridine rings is 1. The molecule has 5 heteroatoms. The standard InChI is InChI=1S/C19H26N4O/c1-14-10-15(2)12-17(11-14)22-19(24)18-13-16(6-8-21-18)20-7-5-9-23(3)4/h6,8,10-13H,5,7,9H2,1-4H3,(H,20,21)(H,22,24). The van der Waals surface area contributed by atoms with Gasteiger partial charge in [0.1, 0.15) is 5.69 Å². The molecule has 0 fully saturated rings. The number of aryl methyl sites for hydroxylation is 2. The van der Waals surface area contributed by atoms with Gasteiger partial charge in [0.2, 0.25) is 0 Å². The molecule has 128 valence electrons. The van der Waals surface area contributed by atoms with E-state index in [4.69, 9.17) is 0 Å². The molecule has 1 aromatic heterocycles. The van der Waals surface area contributed by atoms with Gasteiger partial charge in [-0.05, 0) is 76.3 Å². The van der Waals surface area contributed by atoms with Gasteiger partial charge in [0.15, 0.2) is 0 Å². The Balaban J connectivity index is 1.98. The molecule has 5 nitrogen and oxygen atoms in total. The van der Waals surface area contributed by atoms with Gasteiger partial charge in [-0.3, -0.25) is 9.78 Å². The van der Waals surface area contributed by atoms with Gasteiger partial charge in [-0.15, -0.1) is 0 Å². The van der Waals surface area contributed by atoms with E-state index in [0.29, 0.717) is 5.69 Å². The van der Waals surface area contributed by atoms with E-state index in [-0.39, 0.29) is 5.91 Å². The van der Waals surface area contributed by atoms with Crippen LogP contribution in [0.15, 0.2) is 36.5 Å². The number of amides is 1. The van der Waals surface area contributed by atoms with Crippen molar-refractivity contribution in [2.24, 2.45) is 0 Å². The Morgan fingerprint density at radius 1 is 1.08 bits per heavy atom. The highest BCUT2D eigenvalue weighted by Gasteiger charge is 2.09. The predicted molar refractivity (Wildman–Crippen MR) is 99.8 cm³/mol. The van der Waals surface area contributed by atoms with Crippen LogP contribution in [0.4, 0.5) is 11.4 Å². The molecule has 0 aliphatic rings. The van der Waals surface area contributed by atoms with Crippen molar-refractivity contribution in [3.8, 4) is 0 Å². The maximum atomic E-state index is 12.4. The highest BCUT2D eigenvalue weighted by Crippen LogP contribution is 2.15. The zero-order valence-corrected chi connectivity index (χ0v) is 14.9. The van der Waals surface area contributed by atoms with Crippen LogP contribution in [0.2, 0.25) is 0 Å². The minimum absolute atomic E-state index is 0.197. The first-order chi connectivity index (χ1) is 11.4. The van der Waals surface area contributed by atoms with Crippen LogP contribution in [0.3, 0.4) is 0 Å². The first-order valence-electron chi connectivity index (χ1n) is 8.18. The molecule has 0 aliphatic heterocycles. The van der Waals surface area contributed by atoms with Gasteiger partial charge in [0.25, 0.3) is 5.91 Å². The lowest BCUT2D eigenvalue weighted by Crippen LogP contribution is -2.17. The summed E-state index contributed by atoms with van der Waals surface area (Å²) >= 11 is 0. The van der Waals surface area contributed by atoms with E-state index in [2.05, 4.69) is 40.7 Å². The lowest BCUT2D eigenvalue weighted by Gasteiger charge is -2.11. The largest absolute Gasteiger partial charge is 0.385 e. The number of rotatable bonds is 7. The topological polar surface area (TPSA) is 57.3 Å². The Labute approximate surface area is 144 Å². The van der Waals surface area contributed by atoms with E-state index >= 15 is 0 Å². The zero-order valence-electron chi connectivity index (χ0n) is 14.9. The SMILES string of the molecule is Cc1cc(C)cc(NC(=O)c2cc(NCCCN(C)C)ccn2)c1. The molecule has 2 aromatic rings. The van der Waals surface area contributed by atoms with E-state index in [0.717, 1.165) is 42.0 Å². The van der Waals surface area contributed by atoms with Crippen LogP contribution in [0.25, 0.3) is 0 Å². The molecule has 0 radical (unpaired) electrons. The number of benzene rings is 1. The quantitative estimate of drug-likeness (QED) is 0.767. The van der Waals surface area contributed by atoms with Crippen molar-refractivity contribution in [3.05, 3.63) is 53.3 Å². The second-order valence-corrected chi connectivity index (χ2v) is 6.34. The molecule has 0 unspecified atom stereocenters. The third-order valence-electron chi connectivity index (χ3n) is 3.58. The van der Waals surface area contributed by atoms with E-state index in [1.807, 2.05) is 32.0 Å². The molecule has 0 aliphatic carbocycles. The minimum Gasteiger partial charge on any atom is -0.385 e.